The number of nitrogens with one attached hydrogen (secondary N) is 3. The molecular weight excluding hydrogens is 488 g/mol. The number of hydrazone groups is 1. The van der Waals surface area contributed by atoms with Gasteiger partial charge in [0.1, 0.15) is 16.3 Å². The van der Waals surface area contributed by atoms with Crippen molar-refractivity contribution in [2.45, 2.75) is 46.0 Å². The molecule has 1 heterocycles. The number of anilines is 2. The van der Waals surface area contributed by atoms with E-state index >= 15 is 0 Å². The second kappa shape index (κ2) is 11.4. The number of aromatic carboxylic acids is 1. The highest BCUT2D eigenvalue weighted by Crippen LogP contribution is 2.40. The number of hydrogen-bond acceptors (Lipinski definition) is 8. The molecule has 0 unspecified atom stereocenters. The number of fused-ring (bicyclic) bond motifs is 1. The molecule has 194 valence electrons. The number of benzene rings is 2. The number of phenolic OH excluding ortho intramolecular Hbond substituents is 1. The van der Waals surface area contributed by atoms with Crippen molar-refractivity contribution in [2.75, 3.05) is 17.8 Å². The fourth-order valence-corrected chi connectivity index (χ4v) is 4.99. The fraction of sp³-hybridized carbons (Fsp3) is 0.286. The number of nitrogens with zero attached hydrogens (tertiary/aromatic N) is 1. The van der Waals surface area contributed by atoms with Gasteiger partial charge in [-0.1, -0.05) is 19.9 Å². The van der Waals surface area contributed by atoms with Crippen molar-refractivity contribution in [3.05, 3.63) is 64.0 Å². The van der Waals surface area contributed by atoms with E-state index in [1.807, 2.05) is 14.0 Å². The number of carboxylic acids is 1. The normalized spacial score (nSPS) is 13.7. The van der Waals surface area contributed by atoms with Crippen molar-refractivity contribution in [2.24, 2.45) is 5.10 Å². The number of phenols is 1. The lowest BCUT2D eigenvalue weighted by Gasteiger charge is -2.19. The highest BCUT2D eigenvalue weighted by Gasteiger charge is 2.29. The smallest absolute Gasteiger partial charge is 0.345 e. The predicted octanol–water partition coefficient (Wildman–Crippen LogP) is 6.09. The predicted molar refractivity (Wildman–Crippen MR) is 151 cm³/mol. The molecule has 1 aliphatic rings. The molecule has 0 amide bonds. The van der Waals surface area contributed by atoms with Gasteiger partial charge in [0, 0.05) is 23.2 Å². The SMILES string of the molecule is CC(=N)/C(C=O)=N/Nc1cc(C)cc(-c2ccc(C(=O)O)s2)c1O.CNc1ccc2c(c1)C(C)(C)CC2. The molecule has 2 aromatic carbocycles. The van der Waals surface area contributed by atoms with Crippen LogP contribution in [0.3, 0.4) is 0 Å². The minimum atomic E-state index is -1.03. The van der Waals surface area contributed by atoms with Crippen LogP contribution >= 0.6 is 11.3 Å². The molecule has 1 aliphatic carbocycles. The molecule has 0 fully saturated rings. The Morgan fingerprint density at radius 1 is 1.19 bits per heavy atom. The molecule has 0 atom stereocenters. The van der Waals surface area contributed by atoms with Crippen molar-refractivity contribution < 1.29 is 19.8 Å². The molecule has 4 rings (SSSR count). The van der Waals surface area contributed by atoms with E-state index in [-0.39, 0.29) is 27.7 Å². The van der Waals surface area contributed by atoms with Crippen molar-refractivity contribution in [3.8, 4) is 16.2 Å². The van der Waals surface area contributed by atoms with Crippen LogP contribution in [0.1, 0.15) is 53.6 Å². The van der Waals surface area contributed by atoms with Crippen molar-refractivity contribution in [1.29, 1.82) is 5.41 Å². The number of thiophene rings is 1. The summed E-state index contributed by atoms with van der Waals surface area (Å²) in [5, 5.41) is 33.9. The Morgan fingerprint density at radius 3 is 2.51 bits per heavy atom. The van der Waals surface area contributed by atoms with E-state index in [0.29, 0.717) is 22.1 Å². The van der Waals surface area contributed by atoms with Gasteiger partial charge in [-0.15, -0.1) is 11.3 Å². The first-order valence-corrected chi connectivity index (χ1v) is 12.6. The third-order valence-corrected chi connectivity index (χ3v) is 7.38. The largest absolute Gasteiger partial charge is 0.505 e. The summed E-state index contributed by atoms with van der Waals surface area (Å²) in [6, 6.07) is 13.2. The average molecular weight is 521 g/mol. The number of carbonyl (C=O) groups is 2. The zero-order valence-corrected chi connectivity index (χ0v) is 22.4. The lowest BCUT2D eigenvalue weighted by atomic mass is 9.86. The van der Waals surface area contributed by atoms with Crippen LogP contribution in [-0.4, -0.2) is 40.9 Å². The number of aldehydes is 1. The maximum atomic E-state index is 11.0. The molecule has 9 heteroatoms. The minimum absolute atomic E-state index is 0.00535. The van der Waals surface area contributed by atoms with E-state index in [2.05, 4.69) is 47.9 Å². The van der Waals surface area contributed by atoms with Crippen LogP contribution in [0.15, 0.2) is 47.6 Å². The summed E-state index contributed by atoms with van der Waals surface area (Å²) in [7, 11) is 1.98. The molecule has 0 bridgehead atoms. The van der Waals surface area contributed by atoms with E-state index in [4.69, 9.17) is 10.5 Å². The molecule has 1 aromatic heterocycles. The number of carboxylic acid groups (broad SMARTS) is 1. The van der Waals surface area contributed by atoms with Gasteiger partial charge in [-0.3, -0.25) is 10.2 Å². The van der Waals surface area contributed by atoms with Crippen molar-refractivity contribution in [1.82, 2.24) is 0 Å². The first-order valence-electron chi connectivity index (χ1n) is 11.8. The number of carbonyl (C=O) groups excluding carboxylic acids is 1. The molecule has 37 heavy (non-hydrogen) atoms. The lowest BCUT2D eigenvalue weighted by Crippen LogP contribution is -2.12. The first kappa shape index (κ1) is 27.6. The molecular formula is C28H32N4O4S. The van der Waals surface area contributed by atoms with E-state index in [1.54, 1.807) is 18.2 Å². The summed E-state index contributed by atoms with van der Waals surface area (Å²) in [6.45, 7) is 7.90. The molecule has 0 aliphatic heterocycles. The zero-order chi connectivity index (χ0) is 27.3. The van der Waals surface area contributed by atoms with Crippen molar-refractivity contribution in [3.63, 3.8) is 0 Å². The molecule has 0 saturated carbocycles. The molecule has 5 N–H and O–H groups in total. The Hall–Kier alpha value is -3.98. The second-order valence-electron chi connectivity index (χ2n) is 9.54. The maximum absolute atomic E-state index is 11.0. The maximum Gasteiger partial charge on any atom is 0.345 e. The Morgan fingerprint density at radius 2 is 1.92 bits per heavy atom. The molecule has 8 nitrogen and oxygen atoms in total. The minimum Gasteiger partial charge on any atom is -0.505 e. The summed E-state index contributed by atoms with van der Waals surface area (Å²) < 4.78 is 0. The lowest BCUT2D eigenvalue weighted by molar-refractivity contribution is -0.102. The van der Waals surface area contributed by atoms with Crippen LogP contribution in [0.2, 0.25) is 0 Å². The molecule has 0 radical (unpaired) electrons. The number of rotatable bonds is 7. The third-order valence-electron chi connectivity index (χ3n) is 6.28. The third kappa shape index (κ3) is 6.42. The summed E-state index contributed by atoms with van der Waals surface area (Å²) >= 11 is 1.05. The van der Waals surface area contributed by atoms with E-state index in [1.165, 1.54) is 42.6 Å². The highest BCUT2D eigenvalue weighted by atomic mass is 32.1. The van der Waals surface area contributed by atoms with Crippen LogP contribution in [0.5, 0.6) is 5.75 Å². The monoisotopic (exact) mass is 520 g/mol. The van der Waals surface area contributed by atoms with Crippen LogP contribution in [0.4, 0.5) is 11.4 Å². The van der Waals surface area contributed by atoms with E-state index < -0.39 is 5.97 Å². The number of aromatic hydroxyl groups is 1. The van der Waals surface area contributed by atoms with E-state index in [9.17, 15) is 14.7 Å². The first-order chi connectivity index (χ1) is 17.5. The number of hydrogen-bond donors (Lipinski definition) is 5. The summed E-state index contributed by atoms with van der Waals surface area (Å²) in [4.78, 5) is 22.6. The molecule has 0 saturated heterocycles. The summed E-state index contributed by atoms with van der Waals surface area (Å²) in [6.07, 6.45) is 2.98. The van der Waals surface area contributed by atoms with E-state index in [0.717, 1.165) is 16.9 Å². The summed E-state index contributed by atoms with van der Waals surface area (Å²) in [5.74, 6) is -1.14. The molecule has 3 aromatic rings. The van der Waals surface area contributed by atoms with Crippen LogP contribution < -0.4 is 10.7 Å². The van der Waals surface area contributed by atoms with Crippen LogP contribution in [0, 0.1) is 12.3 Å². The average Bonchev–Trinajstić information content (AvgIpc) is 3.46. The quantitative estimate of drug-likeness (QED) is 0.111. The van der Waals surface area contributed by atoms with Gasteiger partial charge >= 0.3 is 5.97 Å². The zero-order valence-electron chi connectivity index (χ0n) is 21.6. The van der Waals surface area contributed by atoms with Crippen LogP contribution in [-0.2, 0) is 16.6 Å². The Balaban J connectivity index is 0.000000244. The fourth-order valence-electron chi connectivity index (χ4n) is 4.13. The molecule has 0 spiro atoms. The Kier molecular flexibility index (Phi) is 8.49. The Bertz CT molecular complexity index is 1370. The van der Waals surface area contributed by atoms with Gasteiger partial charge in [0.15, 0.2) is 6.29 Å². The van der Waals surface area contributed by atoms with Crippen LogP contribution in [0.25, 0.3) is 10.4 Å². The van der Waals surface area contributed by atoms with Gasteiger partial charge in [-0.05, 0) is 85.2 Å². The van der Waals surface area contributed by atoms with Crippen molar-refractivity contribution >= 4 is 46.4 Å². The highest BCUT2D eigenvalue weighted by molar-refractivity contribution is 7.17. The second-order valence-corrected chi connectivity index (χ2v) is 10.6. The standard InChI is InChI=1S/C16H15N3O4S.C12H17N/c1-8-5-10(13-3-4-14(24-13)16(22)23)15(21)11(6-8)18-19-12(7-20)9(2)17;1-12(2)7-6-9-4-5-10(13-3)8-11(9)12/h3-7,17-18,21H,1-2H3,(H,22,23);4-5,8,13H,6-7H2,1-3H3/b17-9?,19-12+;. The number of aryl methyl sites for hydroxylation is 2. The van der Waals surface area contributed by atoms with Gasteiger partial charge in [0.25, 0.3) is 0 Å². The Labute approximate surface area is 220 Å². The van der Waals surface area contributed by atoms with Gasteiger partial charge in [0.2, 0.25) is 0 Å². The van der Waals surface area contributed by atoms with Gasteiger partial charge in [0.05, 0.1) is 11.4 Å². The summed E-state index contributed by atoms with van der Waals surface area (Å²) in [5.41, 5.74) is 8.69. The topological polar surface area (TPSA) is 135 Å². The van der Waals surface area contributed by atoms with Gasteiger partial charge < -0.3 is 20.9 Å². The van der Waals surface area contributed by atoms with Gasteiger partial charge in [-0.25, -0.2) is 4.79 Å². The van der Waals surface area contributed by atoms with Gasteiger partial charge in [-0.2, -0.15) is 5.10 Å².